The predicted molar refractivity (Wildman–Crippen MR) is 88.8 cm³/mol. The highest BCUT2D eigenvalue weighted by Gasteiger charge is 2.13. The van der Waals surface area contributed by atoms with Gasteiger partial charge in [-0.1, -0.05) is 42.5 Å². The highest BCUT2D eigenvalue weighted by Crippen LogP contribution is 2.27. The normalized spacial score (nSPS) is 11.3. The SMILES string of the molecule is CS(=O)(=O)c1ccc(-c2[nH]ncc(=O)c2-c2ccccc2)cc1. The van der Waals surface area contributed by atoms with Crippen molar-refractivity contribution in [1.29, 1.82) is 0 Å². The first-order chi connectivity index (χ1) is 11.0. The van der Waals surface area contributed by atoms with E-state index in [9.17, 15) is 13.2 Å². The third-order valence-electron chi connectivity index (χ3n) is 3.49. The van der Waals surface area contributed by atoms with Crippen molar-refractivity contribution in [2.75, 3.05) is 6.26 Å². The Morgan fingerprint density at radius 2 is 1.57 bits per heavy atom. The van der Waals surface area contributed by atoms with Gasteiger partial charge in [-0.3, -0.25) is 9.89 Å². The Hall–Kier alpha value is -2.73. The first-order valence-corrected chi connectivity index (χ1v) is 8.79. The Labute approximate surface area is 133 Å². The van der Waals surface area contributed by atoms with Gasteiger partial charge in [0.15, 0.2) is 9.84 Å². The molecule has 0 aliphatic carbocycles. The van der Waals surface area contributed by atoms with Crippen LogP contribution in [0.5, 0.6) is 0 Å². The van der Waals surface area contributed by atoms with E-state index in [1.165, 1.54) is 18.3 Å². The van der Waals surface area contributed by atoms with Crippen molar-refractivity contribution in [1.82, 2.24) is 10.2 Å². The molecule has 3 rings (SSSR count). The Kier molecular flexibility index (Phi) is 3.83. The number of H-pyrrole nitrogens is 1. The Morgan fingerprint density at radius 3 is 2.17 bits per heavy atom. The molecule has 0 spiro atoms. The van der Waals surface area contributed by atoms with Crippen molar-refractivity contribution < 1.29 is 8.42 Å². The van der Waals surface area contributed by atoms with Crippen molar-refractivity contribution in [2.24, 2.45) is 0 Å². The first kappa shape index (κ1) is 15.2. The summed E-state index contributed by atoms with van der Waals surface area (Å²) in [7, 11) is -3.26. The molecule has 23 heavy (non-hydrogen) atoms. The number of nitrogens with zero attached hydrogens (tertiary/aromatic N) is 1. The Morgan fingerprint density at radius 1 is 0.913 bits per heavy atom. The lowest BCUT2D eigenvalue weighted by molar-refractivity contribution is 0.602. The molecule has 5 nitrogen and oxygen atoms in total. The van der Waals surface area contributed by atoms with Crippen molar-refractivity contribution >= 4 is 9.84 Å². The fraction of sp³-hybridized carbons (Fsp3) is 0.0588. The zero-order chi connectivity index (χ0) is 16.4. The molecule has 0 bridgehead atoms. The van der Waals surface area contributed by atoms with E-state index >= 15 is 0 Å². The molecule has 0 fully saturated rings. The molecule has 1 aromatic heterocycles. The van der Waals surface area contributed by atoms with Gasteiger partial charge in [-0.15, -0.1) is 0 Å². The predicted octanol–water partition coefficient (Wildman–Crippen LogP) is 2.51. The van der Waals surface area contributed by atoms with E-state index in [-0.39, 0.29) is 10.3 Å². The van der Waals surface area contributed by atoms with E-state index in [0.717, 1.165) is 11.8 Å². The number of benzene rings is 2. The van der Waals surface area contributed by atoms with Gasteiger partial charge in [-0.2, -0.15) is 5.10 Å². The number of sulfone groups is 1. The molecule has 2 aromatic carbocycles. The smallest absolute Gasteiger partial charge is 0.208 e. The number of hydrogen-bond acceptors (Lipinski definition) is 4. The molecule has 0 unspecified atom stereocenters. The molecule has 0 amide bonds. The highest BCUT2D eigenvalue weighted by molar-refractivity contribution is 7.90. The van der Waals surface area contributed by atoms with Crippen LogP contribution in [0, 0.1) is 0 Å². The van der Waals surface area contributed by atoms with Crippen LogP contribution in [0.1, 0.15) is 0 Å². The van der Waals surface area contributed by atoms with E-state index in [0.29, 0.717) is 16.8 Å². The summed E-state index contributed by atoms with van der Waals surface area (Å²) < 4.78 is 23.1. The second kappa shape index (κ2) is 5.81. The van der Waals surface area contributed by atoms with Crippen LogP contribution in [0.3, 0.4) is 0 Å². The number of aromatic nitrogens is 2. The fourth-order valence-corrected chi connectivity index (χ4v) is 3.00. The van der Waals surface area contributed by atoms with Gasteiger partial charge in [0, 0.05) is 11.8 Å². The molecule has 6 heteroatoms. The van der Waals surface area contributed by atoms with E-state index in [1.54, 1.807) is 12.1 Å². The summed E-state index contributed by atoms with van der Waals surface area (Å²) >= 11 is 0. The zero-order valence-electron chi connectivity index (χ0n) is 12.4. The number of hydrogen-bond donors (Lipinski definition) is 1. The van der Waals surface area contributed by atoms with Gasteiger partial charge in [0.25, 0.3) is 0 Å². The Bertz CT molecular complexity index is 992. The third-order valence-corrected chi connectivity index (χ3v) is 4.62. The van der Waals surface area contributed by atoms with Gasteiger partial charge in [-0.05, 0) is 17.7 Å². The van der Waals surface area contributed by atoms with Gasteiger partial charge in [-0.25, -0.2) is 8.42 Å². The van der Waals surface area contributed by atoms with Gasteiger partial charge in [0.1, 0.15) is 0 Å². The van der Waals surface area contributed by atoms with Crippen LogP contribution >= 0.6 is 0 Å². The maximum absolute atomic E-state index is 12.3. The summed E-state index contributed by atoms with van der Waals surface area (Å²) in [4.78, 5) is 12.5. The van der Waals surface area contributed by atoms with Crippen LogP contribution in [0.2, 0.25) is 0 Å². The monoisotopic (exact) mass is 326 g/mol. The largest absolute Gasteiger partial charge is 0.287 e. The fourth-order valence-electron chi connectivity index (χ4n) is 2.37. The molecule has 0 radical (unpaired) electrons. The summed E-state index contributed by atoms with van der Waals surface area (Å²) in [6.07, 6.45) is 2.39. The molecule has 0 atom stereocenters. The van der Waals surface area contributed by atoms with E-state index in [1.807, 2.05) is 30.3 Å². The topological polar surface area (TPSA) is 79.9 Å². The minimum atomic E-state index is -3.26. The van der Waals surface area contributed by atoms with Crippen LogP contribution in [-0.4, -0.2) is 24.9 Å². The van der Waals surface area contributed by atoms with Crippen LogP contribution in [0.4, 0.5) is 0 Å². The summed E-state index contributed by atoms with van der Waals surface area (Å²) in [5, 5.41) is 6.71. The molecule has 0 aliphatic rings. The molecule has 116 valence electrons. The average molecular weight is 326 g/mol. The maximum Gasteiger partial charge on any atom is 0.208 e. The van der Waals surface area contributed by atoms with Crippen LogP contribution in [0.25, 0.3) is 22.4 Å². The molecule has 1 N–H and O–H groups in total. The van der Waals surface area contributed by atoms with Crippen LogP contribution in [-0.2, 0) is 9.84 Å². The second-order valence-corrected chi connectivity index (χ2v) is 7.16. The average Bonchev–Trinajstić information content (AvgIpc) is 2.55. The minimum Gasteiger partial charge on any atom is -0.287 e. The van der Waals surface area contributed by atoms with Crippen LogP contribution in [0.15, 0.2) is 70.5 Å². The minimum absolute atomic E-state index is 0.197. The van der Waals surface area contributed by atoms with Crippen LogP contribution < -0.4 is 5.43 Å². The summed E-state index contributed by atoms with van der Waals surface area (Å²) in [5.74, 6) is 0. The summed E-state index contributed by atoms with van der Waals surface area (Å²) in [6, 6.07) is 15.6. The van der Waals surface area contributed by atoms with Gasteiger partial charge < -0.3 is 0 Å². The number of rotatable bonds is 3. The molecule has 0 saturated heterocycles. The highest BCUT2D eigenvalue weighted by atomic mass is 32.2. The maximum atomic E-state index is 12.3. The standard InChI is InChI=1S/C17H14N2O3S/c1-23(21,22)14-9-7-13(8-10-14)17-16(15(20)11-18-19-17)12-5-3-2-4-6-12/h2-11H,1H3,(H,19,20). The van der Waals surface area contributed by atoms with E-state index in [2.05, 4.69) is 10.2 Å². The lowest BCUT2D eigenvalue weighted by atomic mass is 10.00. The van der Waals surface area contributed by atoms with E-state index in [4.69, 9.17) is 0 Å². The third kappa shape index (κ3) is 3.07. The second-order valence-electron chi connectivity index (χ2n) is 5.15. The van der Waals surface area contributed by atoms with Crippen molar-refractivity contribution in [3.05, 3.63) is 71.0 Å². The summed E-state index contributed by atoms with van der Waals surface area (Å²) in [6.45, 7) is 0. The number of aromatic amines is 1. The first-order valence-electron chi connectivity index (χ1n) is 6.90. The Balaban J connectivity index is 2.18. The van der Waals surface area contributed by atoms with Crippen molar-refractivity contribution in [3.63, 3.8) is 0 Å². The van der Waals surface area contributed by atoms with Gasteiger partial charge in [0.05, 0.1) is 22.3 Å². The van der Waals surface area contributed by atoms with Crippen molar-refractivity contribution in [2.45, 2.75) is 4.90 Å². The van der Waals surface area contributed by atoms with E-state index < -0.39 is 9.84 Å². The summed E-state index contributed by atoms with van der Waals surface area (Å²) in [5.41, 5.74) is 2.34. The number of nitrogens with one attached hydrogen (secondary N) is 1. The molecule has 0 aliphatic heterocycles. The molecule has 1 heterocycles. The molecular weight excluding hydrogens is 312 g/mol. The molecular formula is C17H14N2O3S. The zero-order valence-corrected chi connectivity index (χ0v) is 13.2. The lowest BCUT2D eigenvalue weighted by Gasteiger charge is -2.09. The quantitative estimate of drug-likeness (QED) is 0.802. The van der Waals surface area contributed by atoms with Gasteiger partial charge in [0.2, 0.25) is 5.43 Å². The molecule has 0 saturated carbocycles. The van der Waals surface area contributed by atoms with Gasteiger partial charge >= 0.3 is 0 Å². The molecule has 3 aromatic rings. The lowest BCUT2D eigenvalue weighted by Crippen LogP contribution is -2.08. The van der Waals surface area contributed by atoms with Crippen molar-refractivity contribution in [3.8, 4) is 22.4 Å².